The molecular weight excluding hydrogens is 255 g/mol. The number of hydrogen-bond donors (Lipinski definition) is 0. The van der Waals surface area contributed by atoms with E-state index >= 15 is 0 Å². The van der Waals surface area contributed by atoms with Crippen LogP contribution < -0.4 is 0 Å². The van der Waals surface area contributed by atoms with Crippen molar-refractivity contribution in [2.75, 3.05) is 0 Å². The van der Waals surface area contributed by atoms with Crippen molar-refractivity contribution in [3.05, 3.63) is 42.5 Å². The number of halogens is 1. The van der Waals surface area contributed by atoms with Crippen molar-refractivity contribution in [3.63, 3.8) is 0 Å². The first-order chi connectivity index (χ1) is 8.66. The summed E-state index contributed by atoms with van der Waals surface area (Å²) in [4.78, 5) is 15.6. The summed E-state index contributed by atoms with van der Waals surface area (Å²) in [6.07, 6.45) is 5.65. The topological polar surface area (TPSA) is 68.6 Å². The van der Waals surface area contributed by atoms with Gasteiger partial charge in [-0.05, 0) is 13.0 Å². The van der Waals surface area contributed by atoms with Crippen LogP contribution in [0.15, 0.2) is 36.0 Å². The molecule has 2 atom stereocenters. The lowest BCUT2D eigenvalue weighted by atomic mass is 10.3. The van der Waals surface area contributed by atoms with Crippen LogP contribution in [0.5, 0.6) is 0 Å². The van der Waals surface area contributed by atoms with Crippen LogP contribution in [0.3, 0.4) is 0 Å². The Morgan fingerprint density at radius 2 is 1.83 bits per heavy atom. The quantitative estimate of drug-likeness (QED) is 0.776. The van der Waals surface area contributed by atoms with E-state index in [9.17, 15) is 8.60 Å². The van der Waals surface area contributed by atoms with Gasteiger partial charge in [0, 0.05) is 24.1 Å². The first kappa shape index (κ1) is 12.7. The predicted octanol–water partition coefficient (Wildman–Crippen LogP) is 1.14. The summed E-state index contributed by atoms with van der Waals surface area (Å²) >= 11 is 0. The third-order valence-corrected chi connectivity index (χ3v) is 3.70. The van der Waals surface area contributed by atoms with Crippen LogP contribution in [0.2, 0.25) is 0 Å². The second kappa shape index (κ2) is 5.72. The molecule has 0 radical (unpaired) electrons. The van der Waals surface area contributed by atoms with Crippen molar-refractivity contribution in [2.45, 2.75) is 23.8 Å². The SMILES string of the molecule is CC(Cc1ncc(F)cn1)S(=O)c1ncccn1. The molecule has 2 aromatic rings. The molecule has 18 heavy (non-hydrogen) atoms. The maximum absolute atomic E-state index is 12.6. The third kappa shape index (κ3) is 3.13. The second-order valence-electron chi connectivity index (χ2n) is 3.66. The molecule has 2 rings (SSSR count). The van der Waals surface area contributed by atoms with E-state index in [2.05, 4.69) is 19.9 Å². The molecule has 0 aliphatic rings. The largest absolute Gasteiger partial charge is 0.251 e. The van der Waals surface area contributed by atoms with E-state index in [0.717, 1.165) is 12.4 Å². The Hall–Kier alpha value is -1.76. The van der Waals surface area contributed by atoms with Crippen LogP contribution in [-0.4, -0.2) is 29.4 Å². The van der Waals surface area contributed by atoms with Gasteiger partial charge in [-0.15, -0.1) is 0 Å². The Morgan fingerprint density at radius 1 is 1.22 bits per heavy atom. The first-order valence-electron chi connectivity index (χ1n) is 5.31. The third-order valence-electron chi connectivity index (χ3n) is 2.23. The molecule has 0 aliphatic carbocycles. The molecule has 5 nitrogen and oxygen atoms in total. The zero-order valence-corrected chi connectivity index (χ0v) is 10.5. The molecule has 2 aromatic heterocycles. The molecule has 94 valence electrons. The van der Waals surface area contributed by atoms with E-state index in [1.165, 1.54) is 0 Å². The maximum atomic E-state index is 12.6. The maximum Gasteiger partial charge on any atom is 0.218 e. The van der Waals surface area contributed by atoms with Crippen LogP contribution in [0, 0.1) is 5.82 Å². The summed E-state index contributed by atoms with van der Waals surface area (Å²) in [6.45, 7) is 1.79. The monoisotopic (exact) mass is 266 g/mol. The summed E-state index contributed by atoms with van der Waals surface area (Å²) in [5, 5.41) is 0.0463. The predicted molar refractivity (Wildman–Crippen MR) is 63.6 cm³/mol. The van der Waals surface area contributed by atoms with Crippen LogP contribution in [0.1, 0.15) is 12.7 Å². The van der Waals surface area contributed by atoms with E-state index in [-0.39, 0.29) is 10.4 Å². The lowest BCUT2D eigenvalue weighted by Gasteiger charge is -2.08. The summed E-state index contributed by atoms with van der Waals surface area (Å²) < 4.78 is 24.7. The van der Waals surface area contributed by atoms with E-state index in [0.29, 0.717) is 12.2 Å². The van der Waals surface area contributed by atoms with Crippen molar-refractivity contribution in [1.29, 1.82) is 0 Å². The van der Waals surface area contributed by atoms with Gasteiger partial charge in [0.2, 0.25) is 5.16 Å². The molecule has 2 heterocycles. The highest BCUT2D eigenvalue weighted by atomic mass is 32.2. The minimum absolute atomic E-state index is 0.238. The molecular formula is C11H11FN4OS. The molecule has 0 N–H and O–H groups in total. The summed E-state index contributed by atoms with van der Waals surface area (Å²) in [6, 6.07) is 1.66. The van der Waals surface area contributed by atoms with Crippen molar-refractivity contribution in [2.24, 2.45) is 0 Å². The second-order valence-corrected chi connectivity index (χ2v) is 5.43. The number of nitrogens with zero attached hydrogens (tertiary/aromatic N) is 4. The Morgan fingerprint density at radius 3 is 2.44 bits per heavy atom. The van der Waals surface area contributed by atoms with Gasteiger partial charge >= 0.3 is 0 Å². The van der Waals surface area contributed by atoms with Gasteiger partial charge in [0.25, 0.3) is 0 Å². The minimum atomic E-state index is -1.33. The van der Waals surface area contributed by atoms with E-state index in [4.69, 9.17) is 0 Å². The van der Waals surface area contributed by atoms with Crippen molar-refractivity contribution < 1.29 is 8.60 Å². The average molecular weight is 266 g/mol. The van der Waals surface area contributed by atoms with E-state index < -0.39 is 16.6 Å². The average Bonchev–Trinajstić information content (AvgIpc) is 2.41. The molecule has 2 unspecified atom stereocenters. The van der Waals surface area contributed by atoms with Crippen LogP contribution in [0.4, 0.5) is 4.39 Å². The smallest absolute Gasteiger partial charge is 0.218 e. The number of aromatic nitrogens is 4. The zero-order chi connectivity index (χ0) is 13.0. The molecule has 0 bridgehead atoms. The van der Waals surface area contributed by atoms with Crippen molar-refractivity contribution in [3.8, 4) is 0 Å². The minimum Gasteiger partial charge on any atom is -0.251 e. The van der Waals surface area contributed by atoms with Crippen LogP contribution in [0.25, 0.3) is 0 Å². The Labute approximate surface area is 106 Å². The van der Waals surface area contributed by atoms with Gasteiger partial charge in [-0.25, -0.2) is 24.3 Å². The van der Waals surface area contributed by atoms with Gasteiger partial charge in [-0.1, -0.05) is 0 Å². The molecule has 0 aromatic carbocycles. The Balaban J connectivity index is 2.06. The molecule has 0 saturated heterocycles. The van der Waals surface area contributed by atoms with Gasteiger partial charge in [0.15, 0.2) is 5.82 Å². The zero-order valence-electron chi connectivity index (χ0n) is 9.65. The molecule has 0 amide bonds. The Kier molecular flexibility index (Phi) is 4.03. The fourth-order valence-electron chi connectivity index (χ4n) is 1.35. The van der Waals surface area contributed by atoms with Gasteiger partial charge in [-0.2, -0.15) is 0 Å². The Bertz CT molecular complexity index is 534. The molecule has 0 spiro atoms. The first-order valence-corrected chi connectivity index (χ1v) is 6.52. The molecule has 0 saturated carbocycles. The number of rotatable bonds is 4. The summed E-state index contributed by atoms with van der Waals surface area (Å²) in [5.74, 6) is -0.0351. The lowest BCUT2D eigenvalue weighted by Crippen LogP contribution is -2.17. The highest BCUT2D eigenvalue weighted by Crippen LogP contribution is 2.09. The van der Waals surface area contributed by atoms with Gasteiger partial charge < -0.3 is 0 Å². The van der Waals surface area contributed by atoms with Crippen LogP contribution >= 0.6 is 0 Å². The standard InChI is InChI=1S/C11H11FN4OS/c1-8(5-10-15-6-9(12)7-16-10)18(17)11-13-3-2-4-14-11/h2-4,6-8H,5H2,1H3. The summed E-state index contributed by atoms with van der Waals surface area (Å²) in [5.41, 5.74) is 0. The number of hydrogen-bond acceptors (Lipinski definition) is 5. The highest BCUT2D eigenvalue weighted by Gasteiger charge is 2.17. The fourth-order valence-corrected chi connectivity index (χ4v) is 2.34. The molecule has 0 aliphatic heterocycles. The molecule has 7 heteroatoms. The normalized spacial score (nSPS) is 14.1. The molecule has 0 fully saturated rings. The highest BCUT2D eigenvalue weighted by molar-refractivity contribution is 7.85. The lowest BCUT2D eigenvalue weighted by molar-refractivity contribution is 0.606. The van der Waals surface area contributed by atoms with E-state index in [1.807, 2.05) is 0 Å². The van der Waals surface area contributed by atoms with Crippen molar-refractivity contribution >= 4 is 10.8 Å². The fraction of sp³-hybridized carbons (Fsp3) is 0.273. The van der Waals surface area contributed by atoms with Gasteiger partial charge in [0.1, 0.15) is 5.82 Å². The van der Waals surface area contributed by atoms with Gasteiger partial charge in [-0.3, -0.25) is 4.21 Å². The van der Waals surface area contributed by atoms with E-state index in [1.54, 1.807) is 25.4 Å². The van der Waals surface area contributed by atoms with Crippen LogP contribution in [-0.2, 0) is 17.2 Å². The van der Waals surface area contributed by atoms with Crippen molar-refractivity contribution in [1.82, 2.24) is 19.9 Å². The summed E-state index contributed by atoms with van der Waals surface area (Å²) in [7, 11) is -1.33. The van der Waals surface area contributed by atoms with Gasteiger partial charge in [0.05, 0.1) is 23.2 Å².